The average Bonchev–Trinajstić information content (AvgIpc) is 2.17. The third-order valence-electron chi connectivity index (χ3n) is 2.48. The molecule has 0 aromatic heterocycles. The lowest BCUT2D eigenvalue weighted by molar-refractivity contribution is -0.149. The Balaban J connectivity index is 2.41. The van der Waals surface area contributed by atoms with Gasteiger partial charge in [0.15, 0.2) is 0 Å². The van der Waals surface area contributed by atoms with E-state index in [1.54, 1.807) is 4.90 Å². The molecule has 88 valence electrons. The summed E-state index contributed by atoms with van der Waals surface area (Å²) in [5.74, 6) is -0.190. The van der Waals surface area contributed by atoms with Crippen LogP contribution in [-0.2, 0) is 8.98 Å². The zero-order chi connectivity index (χ0) is 11.5. The van der Waals surface area contributed by atoms with Gasteiger partial charge in [-0.15, -0.1) is 0 Å². The highest BCUT2D eigenvalue weighted by Gasteiger charge is 2.32. The summed E-state index contributed by atoms with van der Waals surface area (Å²) in [4.78, 5) is 13.4. The first-order chi connectivity index (χ1) is 6.95. The number of aliphatic hydroxyl groups is 1. The molecule has 0 aromatic carbocycles. The van der Waals surface area contributed by atoms with Crippen LogP contribution >= 0.6 is 12.0 Å². The summed E-state index contributed by atoms with van der Waals surface area (Å²) in [6.45, 7) is 4.40. The van der Waals surface area contributed by atoms with E-state index in [0.29, 0.717) is 13.1 Å². The molecule has 4 nitrogen and oxygen atoms in total. The maximum absolute atomic E-state index is 11.7. The first-order valence-corrected chi connectivity index (χ1v) is 6.31. The Bertz CT molecular complexity index is 219. The van der Waals surface area contributed by atoms with Crippen molar-refractivity contribution >= 4 is 17.9 Å². The van der Waals surface area contributed by atoms with Gasteiger partial charge in [-0.25, -0.2) is 0 Å². The first kappa shape index (κ1) is 12.8. The van der Waals surface area contributed by atoms with Gasteiger partial charge in [0.05, 0.1) is 6.10 Å². The molecule has 0 aromatic rings. The van der Waals surface area contributed by atoms with Crippen molar-refractivity contribution in [2.75, 3.05) is 19.3 Å². The summed E-state index contributed by atoms with van der Waals surface area (Å²) >= 11 is 1.37. The number of hydrogen-bond donors (Lipinski definition) is 1. The van der Waals surface area contributed by atoms with Crippen LogP contribution in [0.2, 0.25) is 0 Å². The fraction of sp³-hybridized carbons (Fsp3) is 0.900. The molecule has 1 aliphatic rings. The average molecular weight is 233 g/mol. The van der Waals surface area contributed by atoms with Crippen molar-refractivity contribution in [2.24, 2.45) is 0 Å². The van der Waals surface area contributed by atoms with Gasteiger partial charge in [0.2, 0.25) is 0 Å². The lowest BCUT2D eigenvalue weighted by Crippen LogP contribution is -2.49. The van der Waals surface area contributed by atoms with E-state index in [1.807, 2.05) is 6.26 Å². The molecular formula is C10H19NO3S. The van der Waals surface area contributed by atoms with Crippen LogP contribution in [0.3, 0.4) is 0 Å². The molecule has 0 bridgehead atoms. The van der Waals surface area contributed by atoms with E-state index < -0.39 is 5.60 Å². The van der Waals surface area contributed by atoms with E-state index in [2.05, 4.69) is 0 Å². The molecule has 1 N–H and O–H groups in total. The van der Waals surface area contributed by atoms with Crippen molar-refractivity contribution in [1.82, 2.24) is 4.90 Å². The first-order valence-electron chi connectivity index (χ1n) is 5.16. The van der Waals surface area contributed by atoms with E-state index in [1.165, 1.54) is 25.9 Å². The molecule has 0 radical (unpaired) electrons. The summed E-state index contributed by atoms with van der Waals surface area (Å²) in [6, 6.07) is 0. The van der Waals surface area contributed by atoms with Gasteiger partial charge in [-0.2, -0.15) is 0 Å². The summed E-state index contributed by atoms with van der Waals surface area (Å²) in [6.07, 6.45) is 3.84. The summed E-state index contributed by atoms with van der Waals surface area (Å²) in [5, 5.41) is 9.58. The van der Waals surface area contributed by atoms with Crippen molar-refractivity contribution in [3.63, 3.8) is 0 Å². The summed E-state index contributed by atoms with van der Waals surface area (Å²) in [5.41, 5.74) is -1.26. The van der Waals surface area contributed by atoms with E-state index in [4.69, 9.17) is 4.18 Å². The van der Waals surface area contributed by atoms with Crippen LogP contribution < -0.4 is 0 Å². The zero-order valence-corrected chi connectivity index (χ0v) is 10.3. The van der Waals surface area contributed by atoms with Gasteiger partial charge in [0.25, 0.3) is 5.91 Å². The Hall–Kier alpha value is -0.260. The van der Waals surface area contributed by atoms with Gasteiger partial charge in [-0.1, -0.05) is 0 Å². The molecule has 0 unspecified atom stereocenters. The Kier molecular flexibility index (Phi) is 4.43. The van der Waals surface area contributed by atoms with Crippen molar-refractivity contribution in [3.05, 3.63) is 0 Å². The number of piperidine rings is 1. The Morgan fingerprint density at radius 1 is 1.47 bits per heavy atom. The van der Waals surface area contributed by atoms with Gasteiger partial charge in [0, 0.05) is 19.3 Å². The number of likely N-dealkylation sites (tertiary alicyclic amines) is 1. The van der Waals surface area contributed by atoms with Crippen LogP contribution in [0, 0.1) is 0 Å². The lowest BCUT2D eigenvalue weighted by Gasteiger charge is -2.34. The van der Waals surface area contributed by atoms with E-state index in [9.17, 15) is 9.90 Å². The largest absolute Gasteiger partial charge is 0.381 e. The van der Waals surface area contributed by atoms with Crippen LogP contribution in [0.25, 0.3) is 0 Å². The van der Waals surface area contributed by atoms with Gasteiger partial charge in [-0.05, 0) is 38.7 Å². The van der Waals surface area contributed by atoms with E-state index in [0.717, 1.165) is 12.8 Å². The van der Waals surface area contributed by atoms with Crippen molar-refractivity contribution in [3.8, 4) is 0 Å². The zero-order valence-electron chi connectivity index (χ0n) is 9.52. The second-order valence-corrected chi connectivity index (χ2v) is 4.84. The molecule has 5 heteroatoms. The predicted octanol–water partition coefficient (Wildman–Crippen LogP) is 1.04. The number of nitrogens with zero attached hydrogens (tertiary/aromatic N) is 1. The van der Waals surface area contributed by atoms with Crippen LogP contribution in [0.5, 0.6) is 0 Å². The normalized spacial score (nSPS) is 19.3. The molecular weight excluding hydrogens is 214 g/mol. The molecule has 1 saturated heterocycles. The van der Waals surface area contributed by atoms with Gasteiger partial charge in [-0.3, -0.25) is 4.79 Å². The Morgan fingerprint density at radius 2 is 2.00 bits per heavy atom. The summed E-state index contributed by atoms with van der Waals surface area (Å²) < 4.78 is 5.41. The molecule has 1 fully saturated rings. The highest BCUT2D eigenvalue weighted by atomic mass is 32.2. The second-order valence-electron chi connectivity index (χ2n) is 4.31. The highest BCUT2D eigenvalue weighted by molar-refractivity contribution is 7.93. The number of carbonyl (C=O) groups is 1. The topological polar surface area (TPSA) is 49.8 Å². The SMILES string of the molecule is CSOC1CCN(C(=O)C(C)(C)O)CC1. The number of carbonyl (C=O) groups excluding carboxylic acids is 1. The van der Waals surface area contributed by atoms with E-state index in [-0.39, 0.29) is 12.0 Å². The van der Waals surface area contributed by atoms with E-state index >= 15 is 0 Å². The molecule has 0 saturated carbocycles. The predicted molar refractivity (Wildman–Crippen MR) is 60.5 cm³/mol. The molecule has 15 heavy (non-hydrogen) atoms. The minimum absolute atomic E-state index is 0.190. The number of amides is 1. The van der Waals surface area contributed by atoms with Crippen LogP contribution in [0.1, 0.15) is 26.7 Å². The van der Waals surface area contributed by atoms with Crippen molar-refractivity contribution < 1.29 is 14.1 Å². The van der Waals surface area contributed by atoms with Crippen molar-refractivity contribution in [2.45, 2.75) is 38.4 Å². The maximum Gasteiger partial charge on any atom is 0.253 e. The molecule has 1 amide bonds. The van der Waals surface area contributed by atoms with Gasteiger partial charge < -0.3 is 14.2 Å². The van der Waals surface area contributed by atoms with Crippen molar-refractivity contribution in [1.29, 1.82) is 0 Å². The minimum Gasteiger partial charge on any atom is -0.381 e. The highest BCUT2D eigenvalue weighted by Crippen LogP contribution is 2.19. The maximum atomic E-state index is 11.7. The molecule has 0 atom stereocenters. The lowest BCUT2D eigenvalue weighted by atomic mass is 10.0. The standard InChI is InChI=1S/C10H19NO3S/c1-10(2,13)9(12)11-6-4-8(5-7-11)14-15-3/h8,13H,4-7H2,1-3H3. The molecule has 0 aliphatic carbocycles. The number of rotatable bonds is 3. The van der Waals surface area contributed by atoms with Gasteiger partial charge in [0.1, 0.15) is 5.60 Å². The fourth-order valence-electron chi connectivity index (χ4n) is 1.68. The smallest absolute Gasteiger partial charge is 0.253 e. The Labute approximate surface area is 95.2 Å². The fourth-order valence-corrected chi connectivity index (χ4v) is 2.14. The molecule has 1 aliphatic heterocycles. The minimum atomic E-state index is -1.26. The third kappa shape index (κ3) is 3.66. The number of hydrogen-bond acceptors (Lipinski definition) is 4. The quantitative estimate of drug-likeness (QED) is 0.740. The van der Waals surface area contributed by atoms with Crippen LogP contribution in [0.4, 0.5) is 0 Å². The van der Waals surface area contributed by atoms with Gasteiger partial charge >= 0.3 is 0 Å². The Morgan fingerprint density at radius 3 is 2.40 bits per heavy atom. The molecule has 0 spiro atoms. The third-order valence-corrected chi connectivity index (χ3v) is 2.95. The van der Waals surface area contributed by atoms with Crippen LogP contribution in [0.15, 0.2) is 0 Å². The monoisotopic (exact) mass is 233 g/mol. The second kappa shape index (κ2) is 5.18. The molecule has 1 rings (SSSR count). The summed E-state index contributed by atoms with van der Waals surface area (Å²) in [7, 11) is 0. The van der Waals surface area contributed by atoms with Crippen LogP contribution in [-0.4, -0.2) is 47.0 Å². The molecule has 1 heterocycles.